The largest absolute Gasteiger partial charge is 0.477 e. The zero-order chi connectivity index (χ0) is 20.5. The fourth-order valence-electron chi connectivity index (χ4n) is 3.80. The van der Waals surface area contributed by atoms with Crippen molar-refractivity contribution in [3.05, 3.63) is 53.0 Å². The Morgan fingerprint density at radius 1 is 1.10 bits per heavy atom. The molecule has 3 aromatic rings. The fourth-order valence-corrected chi connectivity index (χ4v) is 3.80. The Hall–Kier alpha value is -3.00. The van der Waals surface area contributed by atoms with Gasteiger partial charge in [-0.3, -0.25) is 4.90 Å². The summed E-state index contributed by atoms with van der Waals surface area (Å²) in [6.07, 6.45) is 5.87. The molecular weight excluding hydrogens is 380 g/mol. The first-order valence-corrected chi connectivity index (χ1v) is 10.5. The number of nitrogens with zero attached hydrogens (tertiary/aromatic N) is 6. The number of piperazine rings is 1. The summed E-state index contributed by atoms with van der Waals surface area (Å²) in [6.45, 7) is 5.13. The number of aryl methyl sites for hydroxylation is 1. The van der Waals surface area contributed by atoms with Gasteiger partial charge in [0.05, 0.1) is 23.2 Å². The van der Waals surface area contributed by atoms with Crippen molar-refractivity contribution in [1.82, 2.24) is 24.4 Å². The summed E-state index contributed by atoms with van der Waals surface area (Å²) >= 11 is 0. The summed E-state index contributed by atoms with van der Waals surface area (Å²) < 4.78 is 7.47. The molecule has 0 bridgehead atoms. The Morgan fingerprint density at radius 2 is 1.93 bits per heavy atom. The van der Waals surface area contributed by atoms with Crippen LogP contribution in [-0.2, 0) is 13.6 Å². The van der Waals surface area contributed by atoms with Crippen LogP contribution >= 0.6 is 0 Å². The minimum atomic E-state index is -0.204. The fraction of sp³-hybridized carbons (Fsp3) is 0.455. The lowest BCUT2D eigenvalue weighted by molar-refractivity contribution is 0.246. The van der Waals surface area contributed by atoms with Crippen LogP contribution in [0.2, 0.25) is 0 Å². The molecule has 0 atom stereocenters. The van der Waals surface area contributed by atoms with E-state index in [1.165, 1.54) is 23.1 Å². The number of hydrogen-bond donors (Lipinski definition) is 0. The van der Waals surface area contributed by atoms with E-state index < -0.39 is 0 Å². The van der Waals surface area contributed by atoms with Crippen LogP contribution in [0, 0.1) is 5.92 Å². The second kappa shape index (κ2) is 8.02. The van der Waals surface area contributed by atoms with Crippen LogP contribution in [-0.4, -0.2) is 57.2 Å². The average Bonchev–Trinajstić information content (AvgIpc) is 3.60. The first kappa shape index (κ1) is 19.0. The minimum absolute atomic E-state index is 0.204. The van der Waals surface area contributed by atoms with E-state index in [0.717, 1.165) is 49.4 Å². The third-order valence-electron chi connectivity index (χ3n) is 5.89. The number of hydrogen-bond acceptors (Lipinski definition) is 7. The van der Waals surface area contributed by atoms with Gasteiger partial charge in [0, 0.05) is 51.7 Å². The molecule has 2 fully saturated rings. The van der Waals surface area contributed by atoms with Crippen molar-refractivity contribution in [2.75, 3.05) is 37.7 Å². The van der Waals surface area contributed by atoms with Crippen molar-refractivity contribution >= 4 is 16.6 Å². The molecule has 8 nitrogen and oxygen atoms in total. The number of ether oxygens (including phenoxy) is 1. The summed E-state index contributed by atoms with van der Waals surface area (Å²) in [7, 11) is 1.72. The molecule has 0 N–H and O–H groups in total. The maximum atomic E-state index is 11.7. The van der Waals surface area contributed by atoms with Crippen LogP contribution in [0.5, 0.6) is 5.88 Å². The van der Waals surface area contributed by atoms with Gasteiger partial charge < -0.3 is 14.2 Å². The molecule has 2 aliphatic rings. The molecule has 2 aromatic heterocycles. The van der Waals surface area contributed by atoms with E-state index in [2.05, 4.69) is 36.9 Å². The Balaban J connectivity index is 1.26. The highest BCUT2D eigenvalue weighted by Gasteiger charge is 2.23. The topological polar surface area (TPSA) is 76.4 Å². The SMILES string of the molecule is Cn1ccc(CN2CCN(c3ccc4ncnc(OCC5CC5)c4c3)CC2)nc1=O. The van der Waals surface area contributed by atoms with E-state index in [-0.39, 0.29) is 5.69 Å². The van der Waals surface area contributed by atoms with Gasteiger partial charge in [0.2, 0.25) is 5.88 Å². The van der Waals surface area contributed by atoms with Gasteiger partial charge >= 0.3 is 5.69 Å². The lowest BCUT2D eigenvalue weighted by Crippen LogP contribution is -2.46. The number of fused-ring (bicyclic) bond motifs is 1. The molecule has 8 heteroatoms. The van der Waals surface area contributed by atoms with Crippen LogP contribution < -0.4 is 15.3 Å². The minimum Gasteiger partial charge on any atom is -0.477 e. The summed E-state index contributed by atoms with van der Waals surface area (Å²) in [4.78, 5) is 29.4. The normalized spacial score (nSPS) is 17.4. The summed E-state index contributed by atoms with van der Waals surface area (Å²) in [6, 6.07) is 8.24. The van der Waals surface area contributed by atoms with Crippen molar-refractivity contribution in [2.45, 2.75) is 19.4 Å². The molecule has 30 heavy (non-hydrogen) atoms. The highest BCUT2D eigenvalue weighted by Crippen LogP contribution is 2.32. The van der Waals surface area contributed by atoms with Gasteiger partial charge in [0.1, 0.15) is 6.33 Å². The highest BCUT2D eigenvalue weighted by atomic mass is 16.5. The molecule has 1 aromatic carbocycles. The second-order valence-electron chi connectivity index (χ2n) is 8.21. The molecule has 1 aliphatic heterocycles. The maximum absolute atomic E-state index is 11.7. The van der Waals surface area contributed by atoms with Gasteiger partial charge in [-0.05, 0) is 43.0 Å². The molecule has 1 saturated carbocycles. The first-order chi connectivity index (χ1) is 14.7. The number of benzene rings is 1. The Kier molecular flexibility index (Phi) is 5.08. The molecule has 1 saturated heterocycles. The third-order valence-corrected chi connectivity index (χ3v) is 5.89. The van der Waals surface area contributed by atoms with Gasteiger partial charge in [-0.15, -0.1) is 0 Å². The van der Waals surface area contributed by atoms with E-state index in [1.807, 2.05) is 12.1 Å². The summed E-state index contributed by atoms with van der Waals surface area (Å²) in [5.41, 5.74) is 2.70. The van der Waals surface area contributed by atoms with Crippen LogP contribution in [0.1, 0.15) is 18.5 Å². The zero-order valence-electron chi connectivity index (χ0n) is 17.2. The van der Waals surface area contributed by atoms with E-state index in [9.17, 15) is 4.79 Å². The van der Waals surface area contributed by atoms with E-state index in [0.29, 0.717) is 18.3 Å². The molecular formula is C22H26N6O2. The number of rotatable bonds is 6. The molecule has 0 unspecified atom stereocenters. The van der Waals surface area contributed by atoms with Gasteiger partial charge in [0.25, 0.3) is 0 Å². The molecule has 1 aliphatic carbocycles. The van der Waals surface area contributed by atoms with Crippen molar-refractivity contribution in [3.63, 3.8) is 0 Å². The van der Waals surface area contributed by atoms with Crippen molar-refractivity contribution in [3.8, 4) is 5.88 Å². The van der Waals surface area contributed by atoms with E-state index in [4.69, 9.17) is 4.74 Å². The predicted molar refractivity (Wildman–Crippen MR) is 115 cm³/mol. The predicted octanol–water partition coefficient (Wildman–Crippen LogP) is 1.83. The molecule has 156 valence electrons. The second-order valence-corrected chi connectivity index (χ2v) is 8.21. The van der Waals surface area contributed by atoms with Crippen LogP contribution in [0.4, 0.5) is 5.69 Å². The average molecular weight is 406 g/mol. The van der Waals surface area contributed by atoms with Crippen molar-refractivity contribution in [2.24, 2.45) is 13.0 Å². The zero-order valence-corrected chi connectivity index (χ0v) is 17.2. The van der Waals surface area contributed by atoms with Crippen LogP contribution in [0.25, 0.3) is 10.9 Å². The standard InChI is InChI=1S/C22H26N6O2/c1-26-7-6-17(25-22(26)29)13-27-8-10-28(11-9-27)18-4-5-20-19(12-18)21(24-15-23-20)30-14-16-2-3-16/h4-7,12,15-16H,2-3,8-11,13-14H2,1H3. The monoisotopic (exact) mass is 406 g/mol. The van der Waals surface area contributed by atoms with Crippen molar-refractivity contribution in [1.29, 1.82) is 0 Å². The van der Waals surface area contributed by atoms with Crippen LogP contribution in [0.15, 0.2) is 41.6 Å². The molecule has 5 rings (SSSR count). The Labute approximate surface area is 175 Å². The Morgan fingerprint density at radius 3 is 2.70 bits per heavy atom. The number of anilines is 1. The van der Waals surface area contributed by atoms with Crippen LogP contribution in [0.3, 0.4) is 0 Å². The Bertz CT molecular complexity index is 1100. The lowest BCUT2D eigenvalue weighted by Gasteiger charge is -2.36. The quantitative estimate of drug-likeness (QED) is 0.618. The maximum Gasteiger partial charge on any atom is 0.347 e. The van der Waals surface area contributed by atoms with E-state index >= 15 is 0 Å². The summed E-state index contributed by atoms with van der Waals surface area (Å²) in [5, 5.41) is 0.974. The smallest absolute Gasteiger partial charge is 0.347 e. The van der Waals surface area contributed by atoms with E-state index in [1.54, 1.807) is 19.6 Å². The number of aromatic nitrogens is 4. The van der Waals surface area contributed by atoms with Gasteiger partial charge in [-0.25, -0.2) is 14.8 Å². The van der Waals surface area contributed by atoms with Gasteiger partial charge in [-0.1, -0.05) is 0 Å². The lowest BCUT2D eigenvalue weighted by atomic mass is 10.2. The highest BCUT2D eigenvalue weighted by molar-refractivity contribution is 5.86. The van der Waals surface area contributed by atoms with Gasteiger partial charge in [0.15, 0.2) is 0 Å². The summed E-state index contributed by atoms with van der Waals surface area (Å²) in [5.74, 6) is 1.37. The molecule has 3 heterocycles. The van der Waals surface area contributed by atoms with Gasteiger partial charge in [-0.2, -0.15) is 4.98 Å². The molecule has 0 spiro atoms. The van der Waals surface area contributed by atoms with Crippen molar-refractivity contribution < 1.29 is 4.74 Å². The molecule has 0 amide bonds. The first-order valence-electron chi connectivity index (χ1n) is 10.5. The third kappa shape index (κ3) is 4.14. The molecule has 0 radical (unpaired) electrons.